The number of pyridine rings is 2. The Labute approximate surface area is 173 Å². The summed E-state index contributed by atoms with van der Waals surface area (Å²) in [5.74, 6) is 0.159. The smallest absolute Gasteiger partial charge is 0.227 e. The molecule has 1 N–H and O–H groups in total. The zero-order valence-corrected chi connectivity index (χ0v) is 16.6. The van der Waals surface area contributed by atoms with Crippen LogP contribution in [0.1, 0.15) is 30.3 Å². The third-order valence-electron chi connectivity index (χ3n) is 5.55. The number of anilines is 1. The Bertz CT molecular complexity index is 1270. The number of rotatable bonds is 4. The van der Waals surface area contributed by atoms with Gasteiger partial charge in [-0.15, -0.1) is 0 Å². The number of aromatic amines is 1. The van der Waals surface area contributed by atoms with Crippen LogP contribution in [0.25, 0.3) is 33.3 Å². The lowest BCUT2D eigenvalue weighted by atomic mass is 10.0. The van der Waals surface area contributed by atoms with Gasteiger partial charge in [-0.2, -0.15) is 0 Å². The molecule has 6 nitrogen and oxygen atoms in total. The normalized spacial score (nSPS) is 13.9. The highest BCUT2D eigenvalue weighted by molar-refractivity contribution is 6.01. The number of carbonyl (C=O) groups is 2. The Balaban J connectivity index is 1.51. The fourth-order valence-corrected chi connectivity index (χ4v) is 3.97. The Morgan fingerprint density at radius 2 is 1.83 bits per heavy atom. The summed E-state index contributed by atoms with van der Waals surface area (Å²) in [5.41, 5.74) is 6.10. The van der Waals surface area contributed by atoms with E-state index in [1.807, 2.05) is 53.7 Å². The van der Waals surface area contributed by atoms with Crippen molar-refractivity contribution in [1.82, 2.24) is 15.0 Å². The predicted molar refractivity (Wildman–Crippen MR) is 116 cm³/mol. The number of fused-ring (bicyclic) bond motifs is 1. The minimum atomic E-state index is -0.0256. The molecule has 1 aromatic carbocycles. The van der Waals surface area contributed by atoms with Crippen LogP contribution in [0.15, 0.2) is 61.1 Å². The average Bonchev–Trinajstić information content (AvgIpc) is 3.40. The number of hydrogen-bond acceptors (Lipinski definition) is 4. The number of carbonyl (C=O) groups excluding carboxylic acids is 2. The molecule has 148 valence electrons. The van der Waals surface area contributed by atoms with Gasteiger partial charge < -0.3 is 9.88 Å². The quantitative estimate of drug-likeness (QED) is 0.511. The second-order valence-electron chi connectivity index (χ2n) is 7.52. The predicted octanol–water partition coefficient (Wildman–Crippen LogP) is 4.62. The summed E-state index contributed by atoms with van der Waals surface area (Å²) in [6.45, 7) is 2.32. The highest BCUT2D eigenvalue weighted by Gasteiger charge is 2.21. The number of hydrogen-bond donors (Lipinski definition) is 1. The molecule has 5 rings (SSSR count). The first kappa shape index (κ1) is 18.2. The Hall–Kier alpha value is -3.80. The molecular weight excluding hydrogens is 376 g/mol. The lowest BCUT2D eigenvalue weighted by Gasteiger charge is -2.16. The van der Waals surface area contributed by atoms with E-state index in [-0.39, 0.29) is 11.7 Å². The van der Waals surface area contributed by atoms with Crippen LogP contribution in [0, 0.1) is 0 Å². The molecule has 0 atom stereocenters. The molecule has 0 aliphatic carbocycles. The number of nitrogens with zero attached hydrogens (tertiary/aromatic N) is 3. The summed E-state index contributed by atoms with van der Waals surface area (Å²) in [7, 11) is 0. The van der Waals surface area contributed by atoms with E-state index >= 15 is 0 Å². The van der Waals surface area contributed by atoms with Gasteiger partial charge in [0, 0.05) is 60.7 Å². The minimum absolute atomic E-state index is 0.0256. The molecule has 0 bridgehead atoms. The molecule has 3 aromatic heterocycles. The van der Waals surface area contributed by atoms with Crippen molar-refractivity contribution in [1.29, 1.82) is 0 Å². The van der Waals surface area contributed by atoms with Gasteiger partial charge >= 0.3 is 0 Å². The zero-order chi connectivity index (χ0) is 20.7. The van der Waals surface area contributed by atoms with Crippen molar-refractivity contribution in [2.45, 2.75) is 19.8 Å². The maximum absolute atomic E-state index is 12.0. The van der Waals surface area contributed by atoms with Crippen molar-refractivity contribution in [2.75, 3.05) is 11.4 Å². The molecule has 4 heterocycles. The highest BCUT2D eigenvalue weighted by Crippen LogP contribution is 2.31. The van der Waals surface area contributed by atoms with Crippen LogP contribution in [0.2, 0.25) is 0 Å². The van der Waals surface area contributed by atoms with Gasteiger partial charge in [-0.3, -0.25) is 14.6 Å². The van der Waals surface area contributed by atoms with Crippen molar-refractivity contribution < 1.29 is 9.59 Å². The largest absolute Gasteiger partial charge is 0.337 e. The standard InChI is InChI=1S/C24H20N4O2/c1-15(29)22-12-21-20(8-9-26-24(21)27-22)18-11-17(13-25-14-18)16-4-6-19(7-5-16)28-10-2-3-23(28)30/h4-9,11-14H,2-3,10H2,1H3,(H,26,27). The summed E-state index contributed by atoms with van der Waals surface area (Å²) in [4.78, 5) is 37.4. The molecule has 1 fully saturated rings. The van der Waals surface area contributed by atoms with Crippen molar-refractivity contribution in [2.24, 2.45) is 0 Å². The summed E-state index contributed by atoms with van der Waals surface area (Å²) in [6.07, 6.45) is 6.91. The lowest BCUT2D eigenvalue weighted by molar-refractivity contribution is -0.117. The van der Waals surface area contributed by atoms with Crippen LogP contribution in [0.3, 0.4) is 0 Å². The van der Waals surface area contributed by atoms with Crippen LogP contribution in [0.5, 0.6) is 0 Å². The highest BCUT2D eigenvalue weighted by atomic mass is 16.2. The first-order valence-electron chi connectivity index (χ1n) is 9.95. The maximum Gasteiger partial charge on any atom is 0.227 e. The van der Waals surface area contributed by atoms with E-state index in [4.69, 9.17) is 0 Å². The molecule has 4 aromatic rings. The fraction of sp³-hybridized carbons (Fsp3) is 0.167. The molecule has 0 unspecified atom stereocenters. The van der Waals surface area contributed by atoms with Gasteiger partial charge in [0.1, 0.15) is 5.65 Å². The van der Waals surface area contributed by atoms with Crippen LogP contribution in [0.4, 0.5) is 5.69 Å². The monoisotopic (exact) mass is 396 g/mol. The number of nitrogens with one attached hydrogen (secondary N) is 1. The fourth-order valence-electron chi connectivity index (χ4n) is 3.97. The Morgan fingerprint density at radius 3 is 2.57 bits per heavy atom. The van der Waals surface area contributed by atoms with Gasteiger partial charge in [0.15, 0.2) is 5.78 Å². The Kier molecular flexibility index (Phi) is 4.39. The molecule has 6 heteroatoms. The number of Topliss-reactive ketones (excluding diaryl/α,β-unsaturated/α-hetero) is 1. The summed E-state index contributed by atoms with van der Waals surface area (Å²) in [5, 5.41) is 0.893. The molecular formula is C24H20N4O2. The molecule has 1 aliphatic heterocycles. The summed E-state index contributed by atoms with van der Waals surface area (Å²) in [6, 6.07) is 13.9. The van der Waals surface area contributed by atoms with Crippen LogP contribution >= 0.6 is 0 Å². The average molecular weight is 396 g/mol. The van der Waals surface area contributed by atoms with Crippen LogP contribution < -0.4 is 4.90 Å². The van der Waals surface area contributed by atoms with E-state index in [0.717, 1.165) is 46.3 Å². The number of H-pyrrole nitrogens is 1. The molecule has 0 radical (unpaired) electrons. The van der Waals surface area contributed by atoms with Crippen LogP contribution in [-0.4, -0.2) is 33.2 Å². The second-order valence-corrected chi connectivity index (χ2v) is 7.52. The van der Waals surface area contributed by atoms with Gasteiger partial charge in [0.05, 0.1) is 5.69 Å². The van der Waals surface area contributed by atoms with E-state index in [1.165, 1.54) is 6.92 Å². The van der Waals surface area contributed by atoms with E-state index in [1.54, 1.807) is 6.20 Å². The molecule has 1 aliphatic rings. The summed E-state index contributed by atoms with van der Waals surface area (Å²) >= 11 is 0. The van der Waals surface area contributed by atoms with E-state index in [2.05, 4.69) is 21.0 Å². The lowest BCUT2D eigenvalue weighted by Crippen LogP contribution is -2.23. The number of aromatic nitrogens is 3. The van der Waals surface area contributed by atoms with Gasteiger partial charge in [0.25, 0.3) is 0 Å². The number of amides is 1. The number of ketones is 1. The summed E-state index contributed by atoms with van der Waals surface area (Å²) < 4.78 is 0. The zero-order valence-electron chi connectivity index (χ0n) is 16.6. The van der Waals surface area contributed by atoms with Crippen molar-refractivity contribution in [3.63, 3.8) is 0 Å². The third kappa shape index (κ3) is 3.16. The SMILES string of the molecule is CC(=O)c1cc2c(-c3cncc(-c4ccc(N5CCCC5=O)cc4)c3)ccnc2[nH]1. The third-order valence-corrected chi connectivity index (χ3v) is 5.55. The Morgan fingerprint density at radius 1 is 1.03 bits per heavy atom. The topological polar surface area (TPSA) is 79.0 Å². The van der Waals surface area contributed by atoms with Gasteiger partial charge in [-0.25, -0.2) is 4.98 Å². The first-order chi connectivity index (χ1) is 14.6. The van der Waals surface area contributed by atoms with E-state index in [9.17, 15) is 9.59 Å². The minimum Gasteiger partial charge on any atom is -0.337 e. The van der Waals surface area contributed by atoms with Crippen molar-refractivity contribution in [3.8, 4) is 22.3 Å². The maximum atomic E-state index is 12.0. The van der Waals surface area contributed by atoms with Crippen LogP contribution in [-0.2, 0) is 4.79 Å². The molecule has 1 saturated heterocycles. The number of benzene rings is 1. The van der Waals surface area contributed by atoms with Gasteiger partial charge in [0.2, 0.25) is 5.91 Å². The van der Waals surface area contributed by atoms with Crippen molar-refractivity contribution >= 4 is 28.4 Å². The van der Waals surface area contributed by atoms with E-state index < -0.39 is 0 Å². The first-order valence-corrected chi connectivity index (χ1v) is 9.95. The van der Waals surface area contributed by atoms with Crippen molar-refractivity contribution in [3.05, 3.63) is 66.7 Å². The van der Waals surface area contributed by atoms with Gasteiger partial charge in [-0.05, 0) is 47.9 Å². The molecule has 0 spiro atoms. The molecule has 1 amide bonds. The van der Waals surface area contributed by atoms with Gasteiger partial charge in [-0.1, -0.05) is 12.1 Å². The molecule has 30 heavy (non-hydrogen) atoms. The van der Waals surface area contributed by atoms with E-state index in [0.29, 0.717) is 17.8 Å². The molecule has 0 saturated carbocycles. The second kappa shape index (κ2) is 7.22.